The van der Waals surface area contributed by atoms with E-state index in [9.17, 15) is 9.90 Å². The lowest BCUT2D eigenvalue weighted by Gasteiger charge is -2.14. The molecule has 0 saturated heterocycles. The summed E-state index contributed by atoms with van der Waals surface area (Å²) in [6.45, 7) is 3.93. The highest BCUT2D eigenvalue weighted by atomic mass is 16.3. The first kappa shape index (κ1) is 13.3. The molecule has 0 saturated carbocycles. The number of rotatable bonds is 3. The Labute approximate surface area is 112 Å². The molecule has 1 unspecified atom stereocenters. The van der Waals surface area contributed by atoms with Crippen molar-refractivity contribution in [3.05, 3.63) is 65.2 Å². The van der Waals surface area contributed by atoms with Gasteiger partial charge in [-0.05, 0) is 36.6 Å². The number of hydrogen-bond acceptors (Lipinski definition) is 2. The fraction of sp³-hybridized carbons (Fsp3) is 0.188. The van der Waals surface area contributed by atoms with Crippen molar-refractivity contribution < 1.29 is 9.90 Å². The fourth-order valence-corrected chi connectivity index (χ4v) is 1.87. The second-order valence-electron chi connectivity index (χ2n) is 4.55. The number of aryl methyl sites for hydroxylation is 1. The molecule has 2 rings (SSSR count). The van der Waals surface area contributed by atoms with E-state index < -0.39 is 12.0 Å². The molecule has 2 N–H and O–H groups in total. The number of aliphatic hydroxyl groups is 1. The van der Waals surface area contributed by atoms with Crippen molar-refractivity contribution >= 4 is 11.6 Å². The Morgan fingerprint density at radius 2 is 1.74 bits per heavy atom. The van der Waals surface area contributed by atoms with Gasteiger partial charge < -0.3 is 10.4 Å². The Morgan fingerprint density at radius 3 is 2.42 bits per heavy atom. The van der Waals surface area contributed by atoms with Crippen LogP contribution in [0.15, 0.2) is 48.5 Å². The van der Waals surface area contributed by atoms with Crippen LogP contribution in [0.2, 0.25) is 0 Å². The predicted octanol–water partition coefficient (Wildman–Crippen LogP) is 2.98. The number of carbonyl (C=O) groups excluding carboxylic acids is 1. The van der Waals surface area contributed by atoms with Gasteiger partial charge in [0.15, 0.2) is 6.10 Å². The third-order valence-electron chi connectivity index (χ3n) is 3.23. The maximum absolute atomic E-state index is 12.0. The summed E-state index contributed by atoms with van der Waals surface area (Å²) in [7, 11) is 0. The van der Waals surface area contributed by atoms with Crippen molar-refractivity contribution in [2.75, 3.05) is 5.32 Å². The molecule has 1 amide bonds. The van der Waals surface area contributed by atoms with E-state index in [1.54, 1.807) is 24.3 Å². The maximum atomic E-state index is 12.0. The molecule has 19 heavy (non-hydrogen) atoms. The van der Waals surface area contributed by atoms with Gasteiger partial charge >= 0.3 is 0 Å². The molecule has 0 aliphatic rings. The first-order valence-electron chi connectivity index (χ1n) is 6.19. The summed E-state index contributed by atoms with van der Waals surface area (Å²) < 4.78 is 0. The number of anilines is 1. The van der Waals surface area contributed by atoms with Gasteiger partial charge in [0.25, 0.3) is 5.91 Å². The first-order valence-corrected chi connectivity index (χ1v) is 6.19. The van der Waals surface area contributed by atoms with E-state index in [-0.39, 0.29) is 0 Å². The Hall–Kier alpha value is -2.13. The number of hydrogen-bond donors (Lipinski definition) is 2. The van der Waals surface area contributed by atoms with Crippen molar-refractivity contribution in [2.45, 2.75) is 20.0 Å². The van der Waals surface area contributed by atoms with Crippen LogP contribution in [-0.2, 0) is 4.79 Å². The molecule has 2 aromatic carbocycles. The molecule has 0 fully saturated rings. The predicted molar refractivity (Wildman–Crippen MR) is 75.9 cm³/mol. The summed E-state index contributed by atoms with van der Waals surface area (Å²) in [5.41, 5.74) is 3.44. The van der Waals surface area contributed by atoms with Gasteiger partial charge in [-0.1, -0.05) is 42.5 Å². The number of amides is 1. The van der Waals surface area contributed by atoms with Crippen LogP contribution >= 0.6 is 0 Å². The van der Waals surface area contributed by atoms with Gasteiger partial charge in [0.1, 0.15) is 0 Å². The largest absolute Gasteiger partial charge is 0.378 e. The molecule has 0 aromatic heterocycles. The zero-order valence-corrected chi connectivity index (χ0v) is 11.1. The summed E-state index contributed by atoms with van der Waals surface area (Å²) in [5.74, 6) is -0.417. The molecule has 0 bridgehead atoms. The van der Waals surface area contributed by atoms with Gasteiger partial charge in [0.05, 0.1) is 0 Å². The lowest BCUT2D eigenvalue weighted by atomic mass is 10.1. The van der Waals surface area contributed by atoms with E-state index in [1.807, 2.05) is 38.1 Å². The Bertz CT molecular complexity index is 579. The average Bonchev–Trinajstić information content (AvgIpc) is 2.44. The minimum Gasteiger partial charge on any atom is -0.378 e. The van der Waals surface area contributed by atoms with E-state index in [0.29, 0.717) is 5.56 Å². The van der Waals surface area contributed by atoms with Crippen LogP contribution in [0.5, 0.6) is 0 Å². The van der Waals surface area contributed by atoms with Crippen LogP contribution in [0.4, 0.5) is 5.69 Å². The van der Waals surface area contributed by atoms with E-state index in [0.717, 1.165) is 16.8 Å². The van der Waals surface area contributed by atoms with E-state index in [4.69, 9.17) is 0 Å². The van der Waals surface area contributed by atoms with Crippen LogP contribution in [0.25, 0.3) is 0 Å². The zero-order chi connectivity index (χ0) is 13.8. The topological polar surface area (TPSA) is 49.3 Å². The molecule has 3 nitrogen and oxygen atoms in total. The van der Waals surface area contributed by atoms with Gasteiger partial charge in [-0.25, -0.2) is 0 Å². The summed E-state index contributed by atoms with van der Waals surface area (Å²) in [4.78, 5) is 12.0. The minimum absolute atomic E-state index is 0.417. The standard InChI is InChI=1S/C16H17NO2/c1-11-7-6-10-14(12(11)2)17-16(19)15(18)13-8-4-3-5-9-13/h3-10,15,18H,1-2H3,(H,17,19). The molecule has 0 aliphatic carbocycles. The summed E-state index contributed by atoms with van der Waals surface area (Å²) in [6.07, 6.45) is -1.15. The zero-order valence-electron chi connectivity index (χ0n) is 11.1. The molecule has 1 atom stereocenters. The fourth-order valence-electron chi connectivity index (χ4n) is 1.87. The van der Waals surface area contributed by atoms with E-state index in [1.165, 1.54) is 0 Å². The van der Waals surface area contributed by atoms with E-state index >= 15 is 0 Å². The first-order chi connectivity index (χ1) is 9.09. The quantitative estimate of drug-likeness (QED) is 0.885. The molecule has 3 heteroatoms. The molecule has 2 aromatic rings. The molecule has 98 valence electrons. The highest BCUT2D eigenvalue weighted by Crippen LogP contribution is 2.20. The van der Waals surface area contributed by atoms with Crippen molar-refractivity contribution in [1.29, 1.82) is 0 Å². The number of nitrogens with one attached hydrogen (secondary N) is 1. The van der Waals surface area contributed by atoms with Crippen LogP contribution in [-0.4, -0.2) is 11.0 Å². The monoisotopic (exact) mass is 255 g/mol. The third-order valence-corrected chi connectivity index (χ3v) is 3.23. The molecular weight excluding hydrogens is 238 g/mol. The van der Waals surface area contributed by atoms with Crippen molar-refractivity contribution in [2.24, 2.45) is 0 Å². The van der Waals surface area contributed by atoms with Crippen molar-refractivity contribution in [3.8, 4) is 0 Å². The van der Waals surface area contributed by atoms with Crippen LogP contribution in [0.1, 0.15) is 22.8 Å². The number of carbonyl (C=O) groups is 1. The Morgan fingerprint density at radius 1 is 1.05 bits per heavy atom. The highest BCUT2D eigenvalue weighted by Gasteiger charge is 2.17. The van der Waals surface area contributed by atoms with E-state index in [2.05, 4.69) is 5.32 Å². The molecule has 0 heterocycles. The Kier molecular flexibility index (Phi) is 3.97. The summed E-state index contributed by atoms with van der Waals surface area (Å²) >= 11 is 0. The number of aliphatic hydroxyl groups excluding tert-OH is 1. The third kappa shape index (κ3) is 3.01. The second kappa shape index (κ2) is 5.67. The van der Waals surface area contributed by atoms with Crippen molar-refractivity contribution in [3.63, 3.8) is 0 Å². The maximum Gasteiger partial charge on any atom is 0.257 e. The smallest absolute Gasteiger partial charge is 0.257 e. The second-order valence-corrected chi connectivity index (χ2v) is 4.55. The molecular formula is C16H17NO2. The summed E-state index contributed by atoms with van der Waals surface area (Å²) in [5, 5.41) is 12.8. The molecule has 0 spiro atoms. The molecule has 0 aliphatic heterocycles. The number of benzene rings is 2. The highest BCUT2D eigenvalue weighted by molar-refractivity contribution is 5.95. The van der Waals surface area contributed by atoms with Gasteiger partial charge in [-0.15, -0.1) is 0 Å². The Balaban J connectivity index is 2.15. The lowest BCUT2D eigenvalue weighted by Crippen LogP contribution is -2.21. The summed E-state index contributed by atoms with van der Waals surface area (Å²) in [6, 6.07) is 14.6. The molecule has 0 radical (unpaired) electrons. The minimum atomic E-state index is -1.15. The van der Waals surface area contributed by atoms with Gasteiger partial charge in [0.2, 0.25) is 0 Å². The van der Waals surface area contributed by atoms with Gasteiger partial charge in [-0.2, -0.15) is 0 Å². The van der Waals surface area contributed by atoms with Crippen LogP contribution < -0.4 is 5.32 Å². The normalized spacial score (nSPS) is 11.9. The van der Waals surface area contributed by atoms with Crippen molar-refractivity contribution in [1.82, 2.24) is 0 Å². The lowest BCUT2D eigenvalue weighted by molar-refractivity contribution is -0.124. The van der Waals surface area contributed by atoms with Gasteiger partial charge in [0, 0.05) is 5.69 Å². The van der Waals surface area contributed by atoms with Crippen LogP contribution in [0, 0.1) is 13.8 Å². The SMILES string of the molecule is Cc1cccc(NC(=O)C(O)c2ccccc2)c1C. The average molecular weight is 255 g/mol. The van der Waals surface area contributed by atoms with Gasteiger partial charge in [-0.3, -0.25) is 4.79 Å². The van der Waals surface area contributed by atoms with Crippen LogP contribution in [0.3, 0.4) is 0 Å².